The van der Waals surface area contributed by atoms with Gasteiger partial charge in [-0.05, 0) is 304 Å². The van der Waals surface area contributed by atoms with E-state index >= 15 is 0 Å². The SMILES string of the molecule is BrBr.CC(C)(C)Cl.CC(C)(C)c1cc2c(Br)c(Br)c3cc(C(C)(C)C)cc4c(Br)c(Br)c(c1)c2c34.CC(C)(C)c1cc2ccc3cc(C(C)(C)C)cc4ccc(c1)c2c34.CC(C)(C)c1cc2ccc3cc(C(C)(C)C)cc4ccc(c1)c2c34.ClC(Cl)(Cl)Cl.ClCCl.[Cl][Al]([Cl])[Cl].[Fe].c1cc2ccc3cccc4ccc(c1)c2c34. The van der Waals surface area contributed by atoms with Gasteiger partial charge in [0.15, 0.2) is 0 Å². The summed E-state index contributed by atoms with van der Waals surface area (Å²) in [5.74, 6) is 0. The van der Waals surface area contributed by atoms with E-state index in [1.54, 1.807) is 0 Å². The molecule has 0 radical (unpaired) electrons. The Labute approximate surface area is 775 Å². The van der Waals surface area contributed by atoms with Crippen LogP contribution < -0.4 is 0 Å². The largest absolute Gasteiger partial charge is 0.643 e. The molecule has 0 saturated heterocycles. The van der Waals surface area contributed by atoms with E-state index < -0.39 is 14.6 Å². The van der Waals surface area contributed by atoms with Gasteiger partial charge in [0.2, 0.25) is 0 Å². The first kappa shape index (κ1) is 97.6. The van der Waals surface area contributed by atoms with Crippen molar-refractivity contribution in [3.05, 3.63) is 233 Å². The first-order chi connectivity index (χ1) is 51.2. The quantitative estimate of drug-likeness (QED) is 0.0806. The Kier molecular flexibility index (Phi) is 33.7. The molecule has 0 aliphatic carbocycles. The van der Waals surface area contributed by atoms with Gasteiger partial charge in [-0.2, -0.15) is 0 Å². The van der Waals surface area contributed by atoms with E-state index in [4.69, 9.17) is 111 Å². The summed E-state index contributed by atoms with van der Waals surface area (Å²) in [5.41, 5.74) is 9.10. The molecule has 0 aliphatic rings. The third-order valence-electron chi connectivity index (χ3n) is 19.5. The molecule has 0 spiro atoms. The van der Waals surface area contributed by atoms with E-state index in [0.717, 1.165) is 17.9 Å². The van der Waals surface area contributed by atoms with Crippen LogP contribution in [0.3, 0.4) is 0 Å². The van der Waals surface area contributed by atoms with Crippen molar-refractivity contribution in [3.8, 4) is 0 Å². The molecule has 16 aromatic carbocycles. The smallest absolute Gasteiger partial charge is 0.214 e. The average Bonchev–Trinajstić information content (AvgIpc) is 0.724. The Morgan fingerprint density at radius 2 is 0.366 bits per heavy atom. The fourth-order valence-corrected chi connectivity index (χ4v) is 16.0. The maximum absolute atomic E-state index is 5.53. The van der Waals surface area contributed by atoms with Crippen LogP contribution in [0.25, 0.3) is 129 Å². The van der Waals surface area contributed by atoms with Gasteiger partial charge in [-0.15, -0.1) is 34.8 Å². The van der Waals surface area contributed by atoms with E-state index in [1.807, 2.05) is 20.8 Å². The number of rotatable bonds is 0. The fraction of sp³-hybridized carbons (Fsp3) is 0.319. The van der Waals surface area contributed by atoms with Crippen molar-refractivity contribution in [3.63, 3.8) is 0 Å². The molecule has 0 fully saturated rings. The van der Waals surface area contributed by atoms with Crippen LogP contribution in [-0.2, 0) is 49.6 Å². The standard InChI is InChI=1S/C24H22Br4.2C24H26.C16H10.C4H9Cl.CCl4.CH2Cl2.Al.Br2.3ClH.Fe/c1-23(2,3)11-7-13-17-14(8-11)20(26)22(28)16-10-12(24(4,5)6)9-15(18(16)17)21(27)19(13)25;2*1-23(2,3)19-11-15-7-9-17-13-20(24(4,5)6)14-18-10-8-16(12-19)21(15)22(17)18;1-3-11-7-9-13-5-2-6-14-10-8-12(4-1)15(11)16(13)14;1-4(2,3)5;2-1(3,4)5;2-1-3;;1-2;;;;/h7-10H,1-6H3;2*7-14H,1-6H3;1-10H;1-3H3;;1H2;;;3*1H;/q;;;;;;;+3;;;;;/p-3. The van der Waals surface area contributed by atoms with Gasteiger partial charge in [0.1, 0.15) is 0 Å². The second kappa shape index (κ2) is 38.7. The summed E-state index contributed by atoms with van der Waals surface area (Å²) in [7, 11) is 14.8. The molecule has 0 N–H and O–H groups in total. The van der Waals surface area contributed by atoms with Gasteiger partial charge in [-0.3, -0.25) is 0 Å². The Morgan fingerprint density at radius 3 is 0.500 bits per heavy atom. The van der Waals surface area contributed by atoms with Crippen molar-refractivity contribution in [1.29, 1.82) is 0 Å². The monoisotopic (exact) mass is 2130 g/mol. The maximum atomic E-state index is 5.53. The average molecular weight is 2140 g/mol. The van der Waals surface area contributed by atoms with Crippen LogP contribution in [0.4, 0.5) is 0 Å². The van der Waals surface area contributed by atoms with Gasteiger partial charge in [0.25, 0.3) is 3.25 Å². The zero-order valence-electron chi connectivity index (χ0n) is 67.0. The Morgan fingerprint density at radius 1 is 0.250 bits per heavy atom. The van der Waals surface area contributed by atoms with Crippen LogP contribution in [0, 0.1) is 0 Å². The summed E-state index contributed by atoms with van der Waals surface area (Å²) in [6, 6.07) is 68.6. The van der Waals surface area contributed by atoms with Crippen molar-refractivity contribution in [2.45, 2.75) is 186 Å². The van der Waals surface area contributed by atoms with E-state index in [-0.39, 0.29) is 59.8 Å². The van der Waals surface area contributed by atoms with Crippen LogP contribution in [0.1, 0.15) is 179 Å². The van der Waals surface area contributed by atoms with Crippen molar-refractivity contribution in [2.24, 2.45) is 0 Å². The van der Waals surface area contributed by atoms with Crippen LogP contribution in [0.5, 0.6) is 0 Å². The Bertz CT molecular complexity index is 5090. The minimum Gasteiger partial charge on any atom is -0.214 e. The third-order valence-corrected chi connectivity index (χ3v) is 23.9. The molecule has 0 amide bonds. The van der Waals surface area contributed by atoms with Crippen LogP contribution in [0.15, 0.2) is 200 Å². The molecule has 18 heteroatoms. The van der Waals surface area contributed by atoms with Gasteiger partial charge in [-0.1, -0.05) is 329 Å². The first-order valence-electron chi connectivity index (χ1n) is 36.4. The minimum atomic E-state index is -1.72. The molecule has 16 aromatic rings. The molecule has 0 nitrogen and oxygen atoms in total. The third kappa shape index (κ3) is 24.0. The predicted molar refractivity (Wildman–Crippen MR) is 533 cm³/mol. The Hall–Kier alpha value is -1.49. The molecule has 594 valence electrons. The molecule has 0 saturated carbocycles. The van der Waals surface area contributed by atoms with E-state index in [0.29, 0.717) is 0 Å². The summed E-state index contributed by atoms with van der Waals surface area (Å²) in [6.07, 6.45) is 0. The van der Waals surface area contributed by atoms with Gasteiger partial charge < -0.3 is 0 Å². The zero-order chi connectivity index (χ0) is 83.1. The second-order valence-electron chi connectivity index (χ2n) is 35.2. The zero-order valence-corrected chi connectivity index (χ0v) is 86.3. The number of hydrogen-bond donors (Lipinski definition) is 0. The second-order valence-corrected chi connectivity index (χ2v) is 50.2. The van der Waals surface area contributed by atoms with Crippen LogP contribution >= 0.6 is 203 Å². The molecular formula is C94H95AlBr6Cl10Fe. The first-order valence-corrected chi connectivity index (χ1v) is 51.5. The summed E-state index contributed by atoms with van der Waals surface area (Å²) in [6.45, 7) is 46.9. The van der Waals surface area contributed by atoms with Gasteiger partial charge in [-0.25, -0.2) is 30.1 Å². The molecule has 0 aromatic heterocycles. The van der Waals surface area contributed by atoms with Gasteiger partial charge >= 0.3 is 11.4 Å². The van der Waals surface area contributed by atoms with Crippen molar-refractivity contribution in [2.75, 3.05) is 5.34 Å². The van der Waals surface area contributed by atoms with E-state index in [1.165, 1.54) is 163 Å². The molecular weight excluding hydrogens is 2050 g/mol. The summed E-state index contributed by atoms with van der Waals surface area (Å²) in [5, 5.41) is 32.5. The van der Waals surface area contributed by atoms with Crippen molar-refractivity contribution < 1.29 is 17.1 Å². The van der Waals surface area contributed by atoms with E-state index in [9.17, 15) is 0 Å². The molecule has 0 bridgehead atoms. The molecule has 16 rings (SSSR count). The summed E-state index contributed by atoms with van der Waals surface area (Å²) in [4.78, 5) is -0.0278. The maximum Gasteiger partial charge on any atom is 0.643 e. The molecule has 0 atom stereocenters. The number of alkyl halides is 7. The summed E-state index contributed by atoms with van der Waals surface area (Å²) < 4.78 is 2.88. The number of halogens is 16. The van der Waals surface area contributed by atoms with Crippen LogP contribution in [-0.4, -0.2) is 24.8 Å². The topological polar surface area (TPSA) is 0 Å². The minimum absolute atomic E-state index is 0. The molecule has 0 unspecified atom stereocenters. The fourth-order valence-electron chi connectivity index (χ4n) is 13.9. The van der Waals surface area contributed by atoms with Gasteiger partial charge in [0, 0.05) is 68.1 Å². The molecule has 112 heavy (non-hydrogen) atoms. The van der Waals surface area contributed by atoms with E-state index in [2.05, 4.69) is 399 Å². The Balaban J connectivity index is 0.000000193. The number of hydrogen-bond acceptors (Lipinski definition) is 0. The van der Waals surface area contributed by atoms with Crippen LogP contribution in [0.2, 0.25) is 0 Å². The van der Waals surface area contributed by atoms with Crippen molar-refractivity contribution >= 4 is 344 Å². The van der Waals surface area contributed by atoms with Gasteiger partial charge in [0.05, 0.1) is 5.34 Å². The molecule has 0 aliphatic heterocycles. The normalized spacial score (nSPS) is 12.3. The predicted octanol–water partition coefficient (Wildman–Crippen LogP) is 38.5. The summed E-state index contributed by atoms with van der Waals surface area (Å²) >= 11 is 53.8. The van der Waals surface area contributed by atoms with Crippen molar-refractivity contribution in [1.82, 2.24) is 0 Å². The number of benzene rings is 16. The molecule has 0 heterocycles.